The van der Waals surface area contributed by atoms with E-state index >= 15 is 0 Å². The fourth-order valence-electron chi connectivity index (χ4n) is 3.67. The van der Waals surface area contributed by atoms with E-state index in [1.807, 2.05) is 0 Å². The Morgan fingerprint density at radius 1 is 0.767 bits per heavy atom. The number of nitrogens with one attached hydrogen (secondary N) is 1. The minimum atomic E-state index is -1.19. The Morgan fingerprint density at radius 3 is 1.67 bits per heavy atom. The molecule has 0 aliphatic rings. The molecule has 0 fully saturated rings. The van der Waals surface area contributed by atoms with Gasteiger partial charge in [0.1, 0.15) is 11.3 Å². The number of rotatable bonds is 18. The van der Waals surface area contributed by atoms with Gasteiger partial charge in [-0.25, -0.2) is 4.79 Å². The van der Waals surface area contributed by atoms with Crippen molar-refractivity contribution in [2.24, 2.45) is 0 Å². The first kappa shape index (κ1) is 26.0. The predicted molar refractivity (Wildman–Crippen MR) is 123 cm³/mol. The Labute approximate surface area is 182 Å². The molecule has 0 aromatic heterocycles. The van der Waals surface area contributed by atoms with Crippen LogP contribution in [0.5, 0.6) is 5.75 Å². The van der Waals surface area contributed by atoms with E-state index in [1.165, 1.54) is 102 Å². The van der Waals surface area contributed by atoms with Gasteiger partial charge in [-0.05, 0) is 18.6 Å². The average molecular weight is 420 g/mol. The Hall–Kier alpha value is -2.04. The summed E-state index contributed by atoms with van der Waals surface area (Å²) in [6.45, 7) is 2.26. The standard InChI is InChI=1S/C25H41NO4/c1-2-3-4-5-6-7-8-9-10-11-12-13-14-15-16-17-24(28)26-21-18-19-22(25(29)30)23(27)20-21/h18-20,27H,2-17H2,1H3,(H,26,28)(H,29,30). The molecule has 5 nitrogen and oxygen atoms in total. The largest absolute Gasteiger partial charge is 0.507 e. The van der Waals surface area contributed by atoms with Crippen molar-refractivity contribution in [3.63, 3.8) is 0 Å². The zero-order chi connectivity index (χ0) is 22.0. The van der Waals surface area contributed by atoms with Gasteiger partial charge in [0.15, 0.2) is 0 Å². The SMILES string of the molecule is CCCCCCCCCCCCCCCCCC(=O)Nc1ccc(C(=O)O)c(O)c1. The molecule has 0 unspecified atom stereocenters. The van der Waals surface area contributed by atoms with Gasteiger partial charge in [0, 0.05) is 18.2 Å². The average Bonchev–Trinajstić information content (AvgIpc) is 2.70. The monoisotopic (exact) mass is 419 g/mol. The molecule has 1 amide bonds. The zero-order valence-electron chi connectivity index (χ0n) is 18.8. The van der Waals surface area contributed by atoms with Crippen LogP contribution in [0.4, 0.5) is 5.69 Å². The number of amides is 1. The third-order valence-electron chi connectivity index (χ3n) is 5.52. The number of carboxylic acid groups (broad SMARTS) is 1. The molecule has 3 N–H and O–H groups in total. The Bertz CT molecular complexity index is 615. The third kappa shape index (κ3) is 12.5. The van der Waals surface area contributed by atoms with Gasteiger partial charge in [0.25, 0.3) is 0 Å². The highest BCUT2D eigenvalue weighted by atomic mass is 16.4. The Morgan fingerprint density at radius 2 is 1.23 bits per heavy atom. The van der Waals surface area contributed by atoms with Crippen LogP contribution in [-0.4, -0.2) is 22.1 Å². The molecule has 0 saturated carbocycles. The first-order valence-electron chi connectivity index (χ1n) is 11.9. The summed E-state index contributed by atoms with van der Waals surface area (Å²) in [5.74, 6) is -1.64. The second-order valence-electron chi connectivity index (χ2n) is 8.29. The van der Waals surface area contributed by atoms with Crippen LogP contribution in [0.25, 0.3) is 0 Å². The molecule has 0 spiro atoms. The number of aromatic carboxylic acids is 1. The Kier molecular flexibility index (Phi) is 14.5. The van der Waals surface area contributed by atoms with Crippen LogP contribution in [-0.2, 0) is 4.79 Å². The van der Waals surface area contributed by atoms with Gasteiger partial charge in [-0.15, -0.1) is 0 Å². The van der Waals surface area contributed by atoms with Crippen molar-refractivity contribution in [2.75, 3.05) is 5.32 Å². The summed E-state index contributed by atoms with van der Waals surface area (Å²) in [7, 11) is 0. The van der Waals surface area contributed by atoms with Gasteiger partial charge in [0.2, 0.25) is 5.91 Å². The lowest BCUT2D eigenvalue weighted by atomic mass is 10.0. The first-order valence-corrected chi connectivity index (χ1v) is 11.9. The van der Waals surface area contributed by atoms with Gasteiger partial charge < -0.3 is 15.5 Å². The number of carboxylic acids is 1. The summed E-state index contributed by atoms with van der Waals surface area (Å²) in [6, 6.07) is 4.06. The summed E-state index contributed by atoms with van der Waals surface area (Å²) < 4.78 is 0. The molecular weight excluding hydrogens is 378 g/mol. The summed E-state index contributed by atoms with van der Waals surface area (Å²) >= 11 is 0. The number of hydrogen-bond acceptors (Lipinski definition) is 3. The summed E-state index contributed by atoms with van der Waals surface area (Å²) in [6.07, 6.45) is 19.8. The number of unbranched alkanes of at least 4 members (excludes halogenated alkanes) is 14. The van der Waals surface area contributed by atoms with Crippen LogP contribution in [0.15, 0.2) is 18.2 Å². The number of benzene rings is 1. The molecule has 0 atom stereocenters. The summed E-state index contributed by atoms with van der Waals surface area (Å²) in [5.41, 5.74) is 0.249. The normalized spacial score (nSPS) is 10.8. The zero-order valence-corrected chi connectivity index (χ0v) is 18.8. The molecule has 1 aromatic rings. The second-order valence-corrected chi connectivity index (χ2v) is 8.29. The molecule has 170 valence electrons. The van der Waals surface area contributed by atoms with E-state index in [4.69, 9.17) is 5.11 Å². The number of carbonyl (C=O) groups excluding carboxylic acids is 1. The van der Waals surface area contributed by atoms with Crippen LogP contribution in [0.3, 0.4) is 0 Å². The molecule has 5 heteroatoms. The second kappa shape index (κ2) is 16.7. The Balaban J connectivity index is 1.94. The van der Waals surface area contributed by atoms with Crippen LogP contribution in [0.1, 0.15) is 120 Å². The van der Waals surface area contributed by atoms with Crippen molar-refractivity contribution in [1.82, 2.24) is 0 Å². The maximum atomic E-state index is 12.0. The molecule has 0 bridgehead atoms. The van der Waals surface area contributed by atoms with E-state index in [1.54, 1.807) is 0 Å². The van der Waals surface area contributed by atoms with E-state index in [0.29, 0.717) is 12.1 Å². The molecule has 0 radical (unpaired) electrons. The molecule has 0 aliphatic heterocycles. The van der Waals surface area contributed by atoms with Gasteiger partial charge in [-0.1, -0.05) is 96.8 Å². The van der Waals surface area contributed by atoms with Gasteiger partial charge in [-0.2, -0.15) is 0 Å². The number of carbonyl (C=O) groups is 2. The van der Waals surface area contributed by atoms with Crippen molar-refractivity contribution in [2.45, 2.75) is 110 Å². The molecule has 0 heterocycles. The molecule has 1 rings (SSSR count). The van der Waals surface area contributed by atoms with Crippen molar-refractivity contribution in [3.8, 4) is 5.75 Å². The third-order valence-corrected chi connectivity index (χ3v) is 5.52. The van der Waals surface area contributed by atoms with Gasteiger partial charge in [0.05, 0.1) is 0 Å². The lowest BCUT2D eigenvalue weighted by Crippen LogP contribution is -2.11. The van der Waals surface area contributed by atoms with E-state index in [0.717, 1.165) is 12.8 Å². The smallest absolute Gasteiger partial charge is 0.339 e. The van der Waals surface area contributed by atoms with Gasteiger partial charge in [-0.3, -0.25) is 4.79 Å². The predicted octanol–water partition coefficient (Wildman–Crippen LogP) is 7.29. The quantitative estimate of drug-likeness (QED) is 0.218. The fraction of sp³-hybridized carbons (Fsp3) is 0.680. The first-order chi connectivity index (χ1) is 14.5. The van der Waals surface area contributed by atoms with Crippen molar-refractivity contribution >= 4 is 17.6 Å². The van der Waals surface area contributed by atoms with Crippen LogP contribution >= 0.6 is 0 Å². The molecule has 0 aliphatic carbocycles. The van der Waals surface area contributed by atoms with E-state index in [2.05, 4.69) is 12.2 Å². The van der Waals surface area contributed by atoms with Crippen molar-refractivity contribution < 1.29 is 19.8 Å². The van der Waals surface area contributed by atoms with Crippen LogP contribution < -0.4 is 5.32 Å². The van der Waals surface area contributed by atoms with Gasteiger partial charge >= 0.3 is 5.97 Å². The number of anilines is 1. The van der Waals surface area contributed by atoms with Crippen molar-refractivity contribution in [1.29, 1.82) is 0 Å². The summed E-state index contributed by atoms with van der Waals surface area (Å²) in [4.78, 5) is 22.8. The molecular formula is C25H41NO4. The number of hydrogen-bond donors (Lipinski definition) is 3. The minimum absolute atomic E-state index is 0.104. The highest BCUT2D eigenvalue weighted by Crippen LogP contribution is 2.22. The molecule has 0 saturated heterocycles. The maximum Gasteiger partial charge on any atom is 0.339 e. The highest BCUT2D eigenvalue weighted by molar-refractivity contribution is 5.94. The lowest BCUT2D eigenvalue weighted by Gasteiger charge is -2.07. The number of phenols is 1. The fourth-order valence-corrected chi connectivity index (χ4v) is 3.67. The summed E-state index contributed by atoms with van der Waals surface area (Å²) in [5, 5.41) is 21.3. The minimum Gasteiger partial charge on any atom is -0.507 e. The van der Waals surface area contributed by atoms with Crippen molar-refractivity contribution in [3.05, 3.63) is 23.8 Å². The highest BCUT2D eigenvalue weighted by Gasteiger charge is 2.10. The van der Waals surface area contributed by atoms with Crippen LogP contribution in [0.2, 0.25) is 0 Å². The molecule has 1 aromatic carbocycles. The van der Waals surface area contributed by atoms with Crippen LogP contribution in [0, 0.1) is 0 Å². The van der Waals surface area contributed by atoms with E-state index in [-0.39, 0.29) is 17.2 Å². The van der Waals surface area contributed by atoms with E-state index in [9.17, 15) is 14.7 Å². The number of aromatic hydroxyl groups is 1. The topological polar surface area (TPSA) is 86.6 Å². The van der Waals surface area contributed by atoms with E-state index < -0.39 is 5.97 Å². The molecule has 30 heavy (non-hydrogen) atoms. The maximum absolute atomic E-state index is 12.0. The lowest BCUT2D eigenvalue weighted by molar-refractivity contribution is -0.116.